The van der Waals surface area contributed by atoms with Crippen LogP contribution in [0.4, 0.5) is 0 Å². The van der Waals surface area contributed by atoms with E-state index in [2.05, 4.69) is 10.6 Å². The van der Waals surface area contributed by atoms with Crippen molar-refractivity contribution in [1.29, 1.82) is 0 Å². The van der Waals surface area contributed by atoms with Crippen LogP contribution in [0.25, 0.3) is 0 Å². The summed E-state index contributed by atoms with van der Waals surface area (Å²) in [5.74, 6) is -0.329. The largest absolute Gasteiger partial charge is 0.350 e. The van der Waals surface area contributed by atoms with Crippen molar-refractivity contribution in [1.82, 2.24) is 10.6 Å². The van der Waals surface area contributed by atoms with Crippen molar-refractivity contribution in [2.75, 3.05) is 6.54 Å². The third-order valence-electron chi connectivity index (χ3n) is 2.36. The maximum Gasteiger partial charge on any atom is 0.239 e. The summed E-state index contributed by atoms with van der Waals surface area (Å²) < 4.78 is 0. The summed E-state index contributed by atoms with van der Waals surface area (Å²) in [6.07, 6.45) is 1.21. The van der Waals surface area contributed by atoms with Crippen molar-refractivity contribution in [3.05, 3.63) is 34.9 Å². The lowest BCUT2D eigenvalue weighted by molar-refractivity contribution is -0.126. The molecule has 0 heterocycles. The molecule has 0 aliphatic rings. The Morgan fingerprint density at radius 1 is 1.17 bits per heavy atom. The summed E-state index contributed by atoms with van der Waals surface area (Å²) in [6.45, 7) is 2.28. The average molecular weight is 269 g/mol. The quantitative estimate of drug-likeness (QED) is 0.828. The van der Waals surface area contributed by atoms with E-state index in [1.165, 1.54) is 0 Å². The molecule has 4 nitrogen and oxygen atoms in total. The van der Waals surface area contributed by atoms with Gasteiger partial charge in [0.05, 0.1) is 6.54 Å². The molecule has 0 saturated carbocycles. The number of rotatable bonds is 6. The summed E-state index contributed by atoms with van der Waals surface area (Å²) in [7, 11) is 0. The second-order valence-electron chi connectivity index (χ2n) is 3.89. The lowest BCUT2D eigenvalue weighted by Gasteiger charge is -2.07. The van der Waals surface area contributed by atoms with Crippen LogP contribution in [0.15, 0.2) is 24.3 Å². The van der Waals surface area contributed by atoms with Crippen LogP contribution in [-0.4, -0.2) is 18.4 Å². The number of halogens is 1. The molecule has 0 spiro atoms. The molecule has 0 saturated heterocycles. The molecule has 1 aromatic rings. The number of carbonyl (C=O) groups excluding carboxylic acids is 2. The van der Waals surface area contributed by atoms with Gasteiger partial charge in [-0.05, 0) is 18.1 Å². The Kier molecular flexibility index (Phi) is 6.22. The zero-order valence-corrected chi connectivity index (χ0v) is 11.1. The fraction of sp³-hybridized carbons (Fsp3) is 0.385. The third kappa shape index (κ3) is 5.19. The number of hydrogen-bond donors (Lipinski definition) is 2. The molecule has 5 heteroatoms. The molecule has 1 rings (SSSR count). The minimum absolute atomic E-state index is 0.00326. The maximum absolute atomic E-state index is 11.5. The van der Waals surface area contributed by atoms with Crippen molar-refractivity contribution in [2.45, 2.75) is 26.3 Å². The van der Waals surface area contributed by atoms with Gasteiger partial charge in [0.15, 0.2) is 0 Å². The number of nitrogens with one attached hydrogen (secondary N) is 2. The minimum Gasteiger partial charge on any atom is -0.350 e. The lowest BCUT2D eigenvalue weighted by atomic mass is 10.2. The summed E-state index contributed by atoms with van der Waals surface area (Å²) in [6, 6.07) is 7.30. The molecule has 2 N–H and O–H groups in total. The molecule has 18 heavy (non-hydrogen) atoms. The summed E-state index contributed by atoms with van der Waals surface area (Å²) in [5.41, 5.74) is 0.854. The topological polar surface area (TPSA) is 58.2 Å². The van der Waals surface area contributed by atoms with Gasteiger partial charge in [-0.25, -0.2) is 0 Å². The maximum atomic E-state index is 11.5. The van der Waals surface area contributed by atoms with Crippen molar-refractivity contribution in [3.63, 3.8) is 0 Å². The highest BCUT2D eigenvalue weighted by Gasteiger charge is 2.05. The number of hydrogen-bond acceptors (Lipinski definition) is 2. The van der Waals surface area contributed by atoms with Gasteiger partial charge in [-0.2, -0.15) is 0 Å². The summed E-state index contributed by atoms with van der Waals surface area (Å²) >= 11 is 5.96. The molecule has 0 aliphatic heterocycles. The Labute approximate surface area is 112 Å². The molecule has 0 bridgehead atoms. The number of amides is 2. The van der Waals surface area contributed by atoms with E-state index >= 15 is 0 Å². The molecule has 0 unspecified atom stereocenters. The van der Waals surface area contributed by atoms with Gasteiger partial charge in [0.25, 0.3) is 0 Å². The van der Waals surface area contributed by atoms with Gasteiger partial charge >= 0.3 is 0 Å². The van der Waals surface area contributed by atoms with Crippen molar-refractivity contribution >= 4 is 23.4 Å². The molecule has 0 radical (unpaired) electrons. The van der Waals surface area contributed by atoms with E-state index in [0.29, 0.717) is 18.0 Å². The van der Waals surface area contributed by atoms with Gasteiger partial charge in [-0.3, -0.25) is 9.59 Å². The second kappa shape index (κ2) is 7.71. The predicted molar refractivity (Wildman–Crippen MR) is 71.2 cm³/mol. The Hall–Kier alpha value is -1.55. The normalized spacial score (nSPS) is 9.89. The predicted octanol–water partition coefficient (Wildman–Crippen LogP) is 1.87. The van der Waals surface area contributed by atoms with Gasteiger partial charge in [-0.15, -0.1) is 0 Å². The van der Waals surface area contributed by atoms with E-state index in [0.717, 1.165) is 12.0 Å². The molecular formula is C13H17ClN2O2. The van der Waals surface area contributed by atoms with Gasteiger partial charge in [0, 0.05) is 18.0 Å². The van der Waals surface area contributed by atoms with Crippen LogP contribution in [-0.2, 0) is 16.1 Å². The smallest absolute Gasteiger partial charge is 0.239 e. The zero-order chi connectivity index (χ0) is 13.4. The number of benzene rings is 1. The molecule has 0 atom stereocenters. The van der Waals surface area contributed by atoms with E-state index in [9.17, 15) is 9.59 Å². The fourth-order valence-electron chi connectivity index (χ4n) is 1.39. The van der Waals surface area contributed by atoms with E-state index in [-0.39, 0.29) is 18.4 Å². The highest BCUT2D eigenvalue weighted by Crippen LogP contribution is 2.13. The first-order chi connectivity index (χ1) is 8.63. The standard InChI is InChI=1S/C13H17ClN2O2/c1-2-5-12(17)16-9-13(18)15-8-10-6-3-4-7-11(10)14/h3-4,6-7H,2,5,8-9H2,1H3,(H,15,18)(H,16,17). The van der Waals surface area contributed by atoms with E-state index in [1.807, 2.05) is 25.1 Å². The SMILES string of the molecule is CCCC(=O)NCC(=O)NCc1ccccc1Cl. The van der Waals surface area contributed by atoms with E-state index in [1.54, 1.807) is 6.07 Å². The molecule has 1 aromatic carbocycles. The highest BCUT2D eigenvalue weighted by molar-refractivity contribution is 6.31. The Balaban J connectivity index is 2.29. The van der Waals surface area contributed by atoms with Crippen LogP contribution in [0, 0.1) is 0 Å². The highest BCUT2D eigenvalue weighted by atomic mass is 35.5. The van der Waals surface area contributed by atoms with E-state index in [4.69, 9.17) is 11.6 Å². The van der Waals surface area contributed by atoms with Crippen LogP contribution in [0.1, 0.15) is 25.3 Å². The second-order valence-corrected chi connectivity index (χ2v) is 4.30. The van der Waals surface area contributed by atoms with Crippen LogP contribution in [0.3, 0.4) is 0 Å². The lowest BCUT2D eigenvalue weighted by Crippen LogP contribution is -2.36. The third-order valence-corrected chi connectivity index (χ3v) is 2.73. The molecule has 98 valence electrons. The van der Waals surface area contributed by atoms with Crippen molar-refractivity contribution < 1.29 is 9.59 Å². The summed E-state index contributed by atoms with van der Waals surface area (Å²) in [5, 5.41) is 5.87. The Bertz CT molecular complexity index is 421. The molecule has 0 fully saturated rings. The fourth-order valence-corrected chi connectivity index (χ4v) is 1.59. The monoisotopic (exact) mass is 268 g/mol. The van der Waals surface area contributed by atoms with Crippen LogP contribution >= 0.6 is 11.6 Å². The van der Waals surface area contributed by atoms with Crippen LogP contribution in [0.2, 0.25) is 5.02 Å². The first-order valence-corrected chi connectivity index (χ1v) is 6.28. The van der Waals surface area contributed by atoms with E-state index < -0.39 is 0 Å². The van der Waals surface area contributed by atoms with Gasteiger partial charge in [0.1, 0.15) is 0 Å². The first-order valence-electron chi connectivity index (χ1n) is 5.90. The van der Waals surface area contributed by atoms with Gasteiger partial charge in [0.2, 0.25) is 11.8 Å². The van der Waals surface area contributed by atoms with Crippen molar-refractivity contribution in [3.8, 4) is 0 Å². The Morgan fingerprint density at radius 3 is 2.56 bits per heavy atom. The summed E-state index contributed by atoms with van der Waals surface area (Å²) in [4.78, 5) is 22.6. The molecule has 2 amide bonds. The van der Waals surface area contributed by atoms with Gasteiger partial charge in [-0.1, -0.05) is 36.7 Å². The Morgan fingerprint density at radius 2 is 1.89 bits per heavy atom. The zero-order valence-electron chi connectivity index (χ0n) is 10.3. The van der Waals surface area contributed by atoms with Gasteiger partial charge < -0.3 is 10.6 Å². The van der Waals surface area contributed by atoms with Crippen LogP contribution < -0.4 is 10.6 Å². The van der Waals surface area contributed by atoms with Crippen molar-refractivity contribution in [2.24, 2.45) is 0 Å². The minimum atomic E-state index is -0.223. The molecule has 0 aliphatic carbocycles. The first kappa shape index (κ1) is 14.5. The molecule has 0 aromatic heterocycles. The average Bonchev–Trinajstić information content (AvgIpc) is 2.36. The molecular weight excluding hydrogens is 252 g/mol. The number of carbonyl (C=O) groups is 2. The van der Waals surface area contributed by atoms with Crippen LogP contribution in [0.5, 0.6) is 0 Å².